The Labute approximate surface area is 111 Å². The molecule has 2 N–H and O–H groups in total. The zero-order valence-corrected chi connectivity index (χ0v) is 10.8. The second-order valence-corrected chi connectivity index (χ2v) is 5.61. The van der Waals surface area contributed by atoms with Gasteiger partial charge in [0.2, 0.25) is 10.0 Å². The highest BCUT2D eigenvalue weighted by atomic mass is 32.2. The van der Waals surface area contributed by atoms with Crippen molar-refractivity contribution in [3.8, 4) is 0 Å². The first-order valence-electron chi connectivity index (χ1n) is 5.04. The van der Waals surface area contributed by atoms with E-state index in [1.165, 1.54) is 4.72 Å². The molecule has 0 amide bonds. The lowest BCUT2D eigenvalue weighted by atomic mass is 10.1. The van der Waals surface area contributed by atoms with E-state index in [1.807, 2.05) is 0 Å². The van der Waals surface area contributed by atoms with Crippen molar-refractivity contribution in [3.05, 3.63) is 29.1 Å². The molecular formula is C10H9F4NO4S. The number of hydrogen-bond donors (Lipinski definition) is 2. The van der Waals surface area contributed by atoms with Crippen LogP contribution in [0.2, 0.25) is 0 Å². The van der Waals surface area contributed by atoms with Gasteiger partial charge in [-0.2, -0.15) is 13.2 Å². The average molecular weight is 315 g/mol. The SMILES string of the molecule is Cc1cc(S(=O)(=O)NCC(F)(F)F)cc(C(=O)O)c1F. The molecule has 1 aromatic rings. The fourth-order valence-corrected chi connectivity index (χ4v) is 2.43. The number of carbonyl (C=O) groups is 1. The van der Waals surface area contributed by atoms with E-state index in [4.69, 9.17) is 5.11 Å². The number of aromatic carboxylic acids is 1. The van der Waals surface area contributed by atoms with Crippen LogP contribution >= 0.6 is 0 Å². The Morgan fingerprint density at radius 1 is 1.35 bits per heavy atom. The normalized spacial score (nSPS) is 12.4. The van der Waals surface area contributed by atoms with Gasteiger partial charge in [-0.25, -0.2) is 22.3 Å². The fourth-order valence-electron chi connectivity index (χ4n) is 1.31. The van der Waals surface area contributed by atoms with Gasteiger partial charge in [-0.05, 0) is 24.6 Å². The van der Waals surface area contributed by atoms with Gasteiger partial charge in [-0.15, -0.1) is 0 Å². The smallest absolute Gasteiger partial charge is 0.402 e. The van der Waals surface area contributed by atoms with E-state index in [0.29, 0.717) is 6.07 Å². The minimum atomic E-state index is -4.77. The van der Waals surface area contributed by atoms with Crippen molar-refractivity contribution in [1.29, 1.82) is 0 Å². The third-order valence-electron chi connectivity index (χ3n) is 2.23. The van der Waals surface area contributed by atoms with Crippen molar-refractivity contribution in [2.24, 2.45) is 0 Å². The monoisotopic (exact) mass is 315 g/mol. The van der Waals surface area contributed by atoms with Crippen LogP contribution in [0, 0.1) is 12.7 Å². The van der Waals surface area contributed by atoms with E-state index in [0.717, 1.165) is 13.0 Å². The van der Waals surface area contributed by atoms with E-state index in [1.54, 1.807) is 0 Å². The molecule has 0 spiro atoms. The number of sulfonamides is 1. The Hall–Kier alpha value is -1.68. The largest absolute Gasteiger partial charge is 0.478 e. The summed E-state index contributed by atoms with van der Waals surface area (Å²) in [6.07, 6.45) is -4.77. The van der Waals surface area contributed by atoms with Crippen LogP contribution in [0.4, 0.5) is 17.6 Å². The number of hydrogen-bond acceptors (Lipinski definition) is 3. The van der Waals surface area contributed by atoms with E-state index >= 15 is 0 Å². The quantitative estimate of drug-likeness (QED) is 0.828. The number of carboxylic acid groups (broad SMARTS) is 1. The van der Waals surface area contributed by atoms with Gasteiger partial charge < -0.3 is 5.11 Å². The van der Waals surface area contributed by atoms with Crippen LogP contribution in [0.5, 0.6) is 0 Å². The Morgan fingerprint density at radius 3 is 2.35 bits per heavy atom. The fraction of sp³-hybridized carbons (Fsp3) is 0.300. The lowest BCUT2D eigenvalue weighted by molar-refractivity contribution is -0.121. The maximum Gasteiger partial charge on any atom is 0.402 e. The average Bonchev–Trinajstić information content (AvgIpc) is 2.28. The topological polar surface area (TPSA) is 83.5 Å². The van der Waals surface area contributed by atoms with Crippen LogP contribution in [0.3, 0.4) is 0 Å². The summed E-state index contributed by atoms with van der Waals surface area (Å²) in [4.78, 5) is 9.98. The van der Waals surface area contributed by atoms with E-state index < -0.39 is 45.0 Å². The number of nitrogens with one attached hydrogen (secondary N) is 1. The number of carboxylic acids is 1. The first kappa shape index (κ1) is 16.4. The molecule has 0 atom stereocenters. The van der Waals surface area contributed by atoms with Crippen molar-refractivity contribution in [2.75, 3.05) is 6.54 Å². The summed E-state index contributed by atoms with van der Waals surface area (Å²) in [6, 6.07) is 1.21. The van der Waals surface area contributed by atoms with E-state index in [-0.39, 0.29) is 5.56 Å². The Balaban J connectivity index is 3.23. The number of rotatable bonds is 4. The molecule has 0 saturated heterocycles. The molecule has 0 heterocycles. The van der Waals surface area contributed by atoms with Gasteiger partial charge in [0.15, 0.2) is 0 Å². The van der Waals surface area contributed by atoms with Gasteiger partial charge in [-0.1, -0.05) is 0 Å². The zero-order chi connectivity index (χ0) is 15.7. The standard InChI is InChI=1S/C10H9F4NO4S/c1-5-2-6(3-7(8(5)11)9(16)17)20(18,19)15-4-10(12,13)14/h2-3,15H,4H2,1H3,(H,16,17). The van der Waals surface area contributed by atoms with Crippen LogP contribution in [0.15, 0.2) is 17.0 Å². The Bertz CT molecular complexity index is 639. The molecule has 1 rings (SSSR count). The molecule has 10 heteroatoms. The van der Waals surface area contributed by atoms with Crippen LogP contribution < -0.4 is 4.72 Å². The Kier molecular flexibility index (Phi) is 4.39. The lowest BCUT2D eigenvalue weighted by Gasteiger charge is -2.11. The number of aryl methyl sites for hydroxylation is 1. The molecule has 1 aromatic carbocycles. The first-order valence-corrected chi connectivity index (χ1v) is 6.52. The van der Waals surface area contributed by atoms with Crippen LogP contribution in [0.25, 0.3) is 0 Å². The molecule has 0 radical (unpaired) electrons. The van der Waals surface area contributed by atoms with E-state index in [2.05, 4.69) is 0 Å². The van der Waals surface area contributed by atoms with Crippen LogP contribution in [-0.2, 0) is 10.0 Å². The van der Waals surface area contributed by atoms with Gasteiger partial charge in [0.25, 0.3) is 0 Å². The molecule has 0 aliphatic carbocycles. The highest BCUT2D eigenvalue weighted by molar-refractivity contribution is 7.89. The summed E-state index contributed by atoms with van der Waals surface area (Å²) in [5.74, 6) is -2.87. The minimum Gasteiger partial charge on any atom is -0.478 e. The second kappa shape index (κ2) is 5.37. The van der Waals surface area contributed by atoms with Crippen molar-refractivity contribution in [2.45, 2.75) is 18.0 Å². The maximum atomic E-state index is 13.4. The molecule has 0 fully saturated rings. The summed E-state index contributed by atoms with van der Waals surface area (Å²) >= 11 is 0. The summed E-state index contributed by atoms with van der Waals surface area (Å²) in [5.41, 5.74) is -1.24. The van der Waals surface area contributed by atoms with Crippen molar-refractivity contribution < 1.29 is 35.9 Å². The van der Waals surface area contributed by atoms with Crippen molar-refractivity contribution in [1.82, 2.24) is 4.72 Å². The summed E-state index contributed by atoms with van der Waals surface area (Å²) in [5, 5.41) is 8.70. The minimum absolute atomic E-state index is 0.308. The molecule has 0 aliphatic rings. The first-order chi connectivity index (χ1) is 8.94. The highest BCUT2D eigenvalue weighted by Crippen LogP contribution is 2.20. The predicted molar refractivity (Wildman–Crippen MR) is 59.3 cm³/mol. The van der Waals surface area contributed by atoms with Gasteiger partial charge in [0.1, 0.15) is 12.4 Å². The molecule has 112 valence electrons. The maximum absolute atomic E-state index is 13.4. The molecular weight excluding hydrogens is 306 g/mol. The number of benzene rings is 1. The van der Waals surface area contributed by atoms with Gasteiger partial charge in [-0.3, -0.25) is 0 Å². The van der Waals surface area contributed by atoms with Crippen LogP contribution in [0.1, 0.15) is 15.9 Å². The van der Waals surface area contributed by atoms with Crippen LogP contribution in [-0.4, -0.2) is 32.2 Å². The molecule has 5 nitrogen and oxygen atoms in total. The summed E-state index contributed by atoms with van der Waals surface area (Å²) in [6.45, 7) is -0.710. The van der Waals surface area contributed by atoms with Crippen molar-refractivity contribution in [3.63, 3.8) is 0 Å². The zero-order valence-electron chi connectivity index (χ0n) is 9.95. The molecule has 0 saturated carbocycles. The molecule has 0 bridgehead atoms. The molecule has 0 unspecified atom stereocenters. The predicted octanol–water partition coefficient (Wildman–Crippen LogP) is 1.67. The third-order valence-corrected chi connectivity index (χ3v) is 3.61. The van der Waals surface area contributed by atoms with Crippen molar-refractivity contribution >= 4 is 16.0 Å². The van der Waals surface area contributed by atoms with E-state index in [9.17, 15) is 30.8 Å². The summed E-state index contributed by atoms with van der Waals surface area (Å²) in [7, 11) is -4.59. The van der Waals surface area contributed by atoms with Gasteiger partial charge in [0.05, 0.1) is 10.5 Å². The number of halogens is 4. The van der Waals surface area contributed by atoms with Gasteiger partial charge in [0, 0.05) is 0 Å². The molecule has 20 heavy (non-hydrogen) atoms. The third kappa shape index (κ3) is 3.90. The lowest BCUT2D eigenvalue weighted by Crippen LogP contribution is -2.34. The second-order valence-electron chi connectivity index (χ2n) is 3.85. The van der Waals surface area contributed by atoms with Gasteiger partial charge >= 0.3 is 12.1 Å². The Morgan fingerprint density at radius 2 is 1.90 bits per heavy atom. The molecule has 0 aromatic heterocycles. The summed E-state index contributed by atoms with van der Waals surface area (Å²) < 4.78 is 73.8. The number of alkyl halides is 3. The molecule has 0 aliphatic heterocycles. The highest BCUT2D eigenvalue weighted by Gasteiger charge is 2.30.